The molecule has 144 valence electrons. The summed E-state index contributed by atoms with van der Waals surface area (Å²) in [6.45, 7) is 4.54. The van der Waals surface area contributed by atoms with Gasteiger partial charge in [-0.15, -0.1) is 0 Å². The molecule has 2 N–H and O–H groups in total. The Morgan fingerprint density at radius 2 is 1.74 bits per heavy atom. The summed E-state index contributed by atoms with van der Waals surface area (Å²) in [7, 11) is 0. The van der Waals surface area contributed by atoms with Crippen molar-refractivity contribution >= 4 is 35.0 Å². The SMILES string of the molecule is CCOc1ccc(NC(=O)CSCCCC(=O)Nc2cccc(C)c2)cc1. The molecule has 0 radical (unpaired) electrons. The van der Waals surface area contributed by atoms with Crippen LogP contribution in [0.4, 0.5) is 11.4 Å². The Morgan fingerprint density at radius 3 is 2.44 bits per heavy atom. The molecular formula is C21H26N2O3S. The van der Waals surface area contributed by atoms with Crippen molar-refractivity contribution in [2.24, 2.45) is 0 Å². The standard InChI is InChI=1S/C21H26N2O3S/c1-3-26-19-11-9-17(10-12-19)22-21(25)15-27-13-5-8-20(24)23-18-7-4-6-16(2)14-18/h4,6-7,9-12,14H,3,5,8,13,15H2,1-2H3,(H,22,25)(H,23,24). The molecule has 0 aliphatic rings. The molecule has 0 fully saturated rings. The van der Waals surface area contributed by atoms with Crippen LogP contribution in [0.15, 0.2) is 48.5 Å². The van der Waals surface area contributed by atoms with E-state index in [2.05, 4.69) is 10.6 Å². The average molecular weight is 387 g/mol. The summed E-state index contributed by atoms with van der Waals surface area (Å²) in [5.41, 5.74) is 2.69. The van der Waals surface area contributed by atoms with Crippen LogP contribution in [0.5, 0.6) is 5.75 Å². The molecule has 0 unspecified atom stereocenters. The van der Waals surface area contributed by atoms with E-state index in [0.717, 1.165) is 34.9 Å². The van der Waals surface area contributed by atoms with Gasteiger partial charge in [0, 0.05) is 17.8 Å². The highest BCUT2D eigenvalue weighted by Gasteiger charge is 2.05. The van der Waals surface area contributed by atoms with Crippen LogP contribution in [0.2, 0.25) is 0 Å². The zero-order valence-corrected chi connectivity index (χ0v) is 16.6. The van der Waals surface area contributed by atoms with E-state index in [4.69, 9.17) is 4.74 Å². The third-order valence-corrected chi connectivity index (χ3v) is 4.72. The molecule has 0 aliphatic heterocycles. The lowest BCUT2D eigenvalue weighted by Gasteiger charge is -2.07. The fraction of sp³-hybridized carbons (Fsp3) is 0.333. The van der Waals surface area contributed by atoms with Crippen molar-refractivity contribution in [1.29, 1.82) is 0 Å². The summed E-state index contributed by atoms with van der Waals surface area (Å²) in [5, 5.41) is 5.75. The molecule has 5 nitrogen and oxygen atoms in total. The first-order chi connectivity index (χ1) is 13.1. The van der Waals surface area contributed by atoms with Gasteiger partial charge in [0.15, 0.2) is 0 Å². The Labute approximate surface area is 164 Å². The second-order valence-corrected chi connectivity index (χ2v) is 7.18. The predicted molar refractivity (Wildman–Crippen MR) is 113 cm³/mol. The molecule has 0 aromatic heterocycles. The maximum Gasteiger partial charge on any atom is 0.234 e. The van der Waals surface area contributed by atoms with Crippen LogP contribution in [0.1, 0.15) is 25.3 Å². The summed E-state index contributed by atoms with van der Waals surface area (Å²) >= 11 is 1.53. The summed E-state index contributed by atoms with van der Waals surface area (Å²) in [4.78, 5) is 23.9. The lowest BCUT2D eigenvalue weighted by atomic mass is 10.2. The van der Waals surface area contributed by atoms with E-state index in [1.54, 1.807) is 0 Å². The molecule has 0 bridgehead atoms. The van der Waals surface area contributed by atoms with Gasteiger partial charge in [-0.25, -0.2) is 0 Å². The van der Waals surface area contributed by atoms with Gasteiger partial charge in [0.25, 0.3) is 0 Å². The van der Waals surface area contributed by atoms with Crippen LogP contribution in [-0.4, -0.2) is 29.9 Å². The van der Waals surface area contributed by atoms with Gasteiger partial charge in [0.2, 0.25) is 11.8 Å². The van der Waals surface area contributed by atoms with Crippen LogP contribution in [0.3, 0.4) is 0 Å². The van der Waals surface area contributed by atoms with E-state index < -0.39 is 0 Å². The van der Waals surface area contributed by atoms with Crippen molar-refractivity contribution in [3.05, 3.63) is 54.1 Å². The topological polar surface area (TPSA) is 67.4 Å². The van der Waals surface area contributed by atoms with Crippen molar-refractivity contribution in [2.75, 3.05) is 28.7 Å². The van der Waals surface area contributed by atoms with E-state index >= 15 is 0 Å². The van der Waals surface area contributed by atoms with Gasteiger partial charge in [-0.1, -0.05) is 12.1 Å². The molecule has 2 aromatic carbocycles. The highest BCUT2D eigenvalue weighted by atomic mass is 32.2. The summed E-state index contributed by atoms with van der Waals surface area (Å²) in [6, 6.07) is 15.0. The Kier molecular flexibility index (Phi) is 8.71. The number of ether oxygens (including phenoxy) is 1. The van der Waals surface area contributed by atoms with E-state index in [1.807, 2.05) is 62.4 Å². The monoisotopic (exact) mass is 386 g/mol. The molecule has 0 aliphatic carbocycles. The first-order valence-electron chi connectivity index (χ1n) is 9.04. The summed E-state index contributed by atoms with van der Waals surface area (Å²) in [6.07, 6.45) is 1.18. The number of aryl methyl sites for hydroxylation is 1. The fourth-order valence-electron chi connectivity index (χ4n) is 2.44. The Morgan fingerprint density at radius 1 is 1.00 bits per heavy atom. The van der Waals surface area contributed by atoms with Crippen LogP contribution < -0.4 is 15.4 Å². The molecule has 6 heteroatoms. The largest absolute Gasteiger partial charge is 0.494 e. The van der Waals surface area contributed by atoms with Crippen LogP contribution in [0, 0.1) is 6.92 Å². The second-order valence-electron chi connectivity index (χ2n) is 6.08. The third-order valence-electron chi connectivity index (χ3n) is 3.68. The van der Waals surface area contributed by atoms with Crippen molar-refractivity contribution in [1.82, 2.24) is 0 Å². The molecule has 2 amide bonds. The molecule has 2 rings (SSSR count). The minimum Gasteiger partial charge on any atom is -0.494 e. The number of nitrogens with one attached hydrogen (secondary N) is 2. The Balaban J connectivity index is 1.59. The van der Waals surface area contributed by atoms with Gasteiger partial charge in [-0.05, 0) is 68.0 Å². The van der Waals surface area contributed by atoms with Crippen LogP contribution in [-0.2, 0) is 9.59 Å². The lowest BCUT2D eigenvalue weighted by Crippen LogP contribution is -2.15. The lowest BCUT2D eigenvalue weighted by molar-refractivity contribution is -0.116. The number of hydrogen-bond acceptors (Lipinski definition) is 4. The quantitative estimate of drug-likeness (QED) is 0.591. The van der Waals surface area contributed by atoms with E-state index in [9.17, 15) is 9.59 Å². The summed E-state index contributed by atoms with van der Waals surface area (Å²) < 4.78 is 5.37. The van der Waals surface area contributed by atoms with E-state index in [1.165, 1.54) is 11.8 Å². The molecule has 0 spiro atoms. The number of carbonyl (C=O) groups excluding carboxylic acids is 2. The fourth-order valence-corrected chi connectivity index (χ4v) is 3.19. The van der Waals surface area contributed by atoms with E-state index in [-0.39, 0.29) is 11.8 Å². The molecule has 0 saturated heterocycles. The minimum absolute atomic E-state index is 0.0000366. The second kappa shape index (κ2) is 11.3. The van der Waals surface area contributed by atoms with Gasteiger partial charge >= 0.3 is 0 Å². The average Bonchev–Trinajstić information content (AvgIpc) is 2.63. The normalized spacial score (nSPS) is 10.3. The van der Waals surface area contributed by atoms with Gasteiger partial charge < -0.3 is 15.4 Å². The van der Waals surface area contributed by atoms with Crippen molar-refractivity contribution < 1.29 is 14.3 Å². The van der Waals surface area contributed by atoms with Crippen molar-refractivity contribution in [3.63, 3.8) is 0 Å². The molecular weight excluding hydrogens is 360 g/mol. The number of amides is 2. The predicted octanol–water partition coefficient (Wildman–Crippen LogP) is 4.48. The molecule has 2 aromatic rings. The van der Waals surface area contributed by atoms with Gasteiger partial charge in [-0.3, -0.25) is 9.59 Å². The molecule has 27 heavy (non-hydrogen) atoms. The van der Waals surface area contributed by atoms with Gasteiger partial charge in [0.1, 0.15) is 5.75 Å². The van der Waals surface area contributed by atoms with E-state index in [0.29, 0.717) is 18.8 Å². The zero-order chi connectivity index (χ0) is 19.5. The maximum absolute atomic E-state index is 12.0. The smallest absolute Gasteiger partial charge is 0.234 e. The first kappa shape index (κ1) is 20.8. The molecule has 0 heterocycles. The van der Waals surface area contributed by atoms with Crippen LogP contribution >= 0.6 is 11.8 Å². The van der Waals surface area contributed by atoms with Crippen molar-refractivity contribution in [3.8, 4) is 5.75 Å². The molecule has 0 atom stereocenters. The number of carbonyl (C=O) groups is 2. The van der Waals surface area contributed by atoms with Gasteiger partial charge in [-0.2, -0.15) is 11.8 Å². The number of anilines is 2. The number of hydrogen-bond donors (Lipinski definition) is 2. The van der Waals surface area contributed by atoms with Crippen LogP contribution in [0.25, 0.3) is 0 Å². The van der Waals surface area contributed by atoms with Crippen molar-refractivity contribution in [2.45, 2.75) is 26.7 Å². The first-order valence-corrected chi connectivity index (χ1v) is 10.2. The Bertz CT molecular complexity index is 747. The number of rotatable bonds is 10. The summed E-state index contributed by atoms with van der Waals surface area (Å²) in [5.74, 6) is 1.87. The maximum atomic E-state index is 12.0. The zero-order valence-electron chi connectivity index (χ0n) is 15.8. The number of benzene rings is 2. The minimum atomic E-state index is -0.0478. The Hall–Kier alpha value is -2.47. The molecule has 0 saturated carbocycles. The third kappa shape index (κ3) is 8.17. The highest BCUT2D eigenvalue weighted by Crippen LogP contribution is 2.16. The number of thioether (sulfide) groups is 1. The van der Waals surface area contributed by atoms with Gasteiger partial charge in [0.05, 0.1) is 12.4 Å². The highest BCUT2D eigenvalue weighted by molar-refractivity contribution is 7.99.